The Bertz CT molecular complexity index is 623. The molecule has 1 aromatic carbocycles. The first-order valence-corrected chi connectivity index (χ1v) is 6.89. The Morgan fingerprint density at radius 3 is 2.44 bits per heavy atom. The lowest BCUT2D eigenvalue weighted by Gasteiger charge is -2.05. The number of aromatic amines is 1. The van der Waals surface area contributed by atoms with Crippen molar-refractivity contribution in [1.82, 2.24) is 25.3 Å². The SMILES string of the molecule is O=S(=O)(NCc1nn[nH]n1)c1cc(Cl)cc(Cl)c1. The smallest absolute Gasteiger partial charge is 0.207 e. The summed E-state index contributed by atoms with van der Waals surface area (Å²) in [6.07, 6.45) is 0. The van der Waals surface area contributed by atoms with E-state index in [0.29, 0.717) is 0 Å². The van der Waals surface area contributed by atoms with Crippen LogP contribution >= 0.6 is 23.2 Å². The molecule has 0 aliphatic rings. The molecule has 0 aliphatic carbocycles. The molecule has 0 saturated heterocycles. The molecule has 7 nitrogen and oxygen atoms in total. The number of H-pyrrole nitrogens is 1. The number of sulfonamides is 1. The molecule has 0 unspecified atom stereocenters. The second kappa shape index (κ2) is 5.19. The number of aromatic nitrogens is 4. The quantitative estimate of drug-likeness (QED) is 0.877. The minimum atomic E-state index is -3.72. The molecule has 0 radical (unpaired) electrons. The number of nitrogens with one attached hydrogen (secondary N) is 2. The number of nitrogens with zero attached hydrogens (tertiary/aromatic N) is 3. The lowest BCUT2D eigenvalue weighted by molar-refractivity contribution is 0.579. The standard InChI is InChI=1S/C8H7Cl2N5O2S/c9-5-1-6(10)3-7(2-5)18(16,17)11-4-8-12-14-15-13-8/h1-3,11H,4H2,(H,12,13,14,15). The molecule has 10 heteroatoms. The lowest BCUT2D eigenvalue weighted by atomic mass is 10.4. The molecule has 0 aliphatic heterocycles. The van der Waals surface area contributed by atoms with Gasteiger partial charge in [-0.05, 0) is 18.2 Å². The van der Waals surface area contributed by atoms with Gasteiger partial charge in [-0.25, -0.2) is 13.1 Å². The summed E-state index contributed by atoms with van der Waals surface area (Å²) in [6.45, 7) is -0.0804. The zero-order valence-corrected chi connectivity index (χ0v) is 11.1. The zero-order chi connectivity index (χ0) is 13.2. The molecular formula is C8H7Cl2N5O2S. The zero-order valence-electron chi connectivity index (χ0n) is 8.76. The van der Waals surface area contributed by atoms with E-state index in [4.69, 9.17) is 23.2 Å². The summed E-state index contributed by atoms with van der Waals surface area (Å²) in [6, 6.07) is 4.04. The van der Waals surface area contributed by atoms with E-state index < -0.39 is 10.0 Å². The van der Waals surface area contributed by atoms with Gasteiger partial charge in [-0.3, -0.25) is 0 Å². The van der Waals surface area contributed by atoms with Crippen LogP contribution in [0.1, 0.15) is 5.82 Å². The topological polar surface area (TPSA) is 101 Å². The van der Waals surface area contributed by atoms with Gasteiger partial charge in [0.2, 0.25) is 10.0 Å². The van der Waals surface area contributed by atoms with Crippen LogP contribution in [0.4, 0.5) is 0 Å². The van der Waals surface area contributed by atoms with Crippen molar-refractivity contribution in [2.75, 3.05) is 0 Å². The van der Waals surface area contributed by atoms with E-state index in [1.54, 1.807) is 0 Å². The van der Waals surface area contributed by atoms with Crippen LogP contribution in [-0.2, 0) is 16.6 Å². The fraction of sp³-hybridized carbons (Fsp3) is 0.125. The van der Waals surface area contributed by atoms with Crippen molar-refractivity contribution < 1.29 is 8.42 Å². The van der Waals surface area contributed by atoms with Crippen LogP contribution in [0.15, 0.2) is 23.1 Å². The second-order valence-corrected chi connectivity index (χ2v) is 5.90. The van der Waals surface area contributed by atoms with Crippen molar-refractivity contribution >= 4 is 33.2 Å². The van der Waals surface area contributed by atoms with Crippen LogP contribution in [0, 0.1) is 0 Å². The van der Waals surface area contributed by atoms with Crippen molar-refractivity contribution in [2.24, 2.45) is 0 Å². The van der Waals surface area contributed by atoms with Crippen LogP contribution in [-0.4, -0.2) is 29.0 Å². The van der Waals surface area contributed by atoms with Crippen molar-refractivity contribution in [3.8, 4) is 0 Å². The van der Waals surface area contributed by atoms with Gasteiger partial charge in [0.05, 0.1) is 11.4 Å². The fourth-order valence-corrected chi connectivity index (χ4v) is 2.89. The van der Waals surface area contributed by atoms with Crippen LogP contribution < -0.4 is 4.72 Å². The van der Waals surface area contributed by atoms with E-state index in [0.717, 1.165) is 0 Å². The summed E-state index contributed by atoms with van der Waals surface area (Å²) in [7, 11) is -3.72. The van der Waals surface area contributed by atoms with Gasteiger partial charge >= 0.3 is 0 Å². The molecular weight excluding hydrogens is 301 g/mol. The highest BCUT2D eigenvalue weighted by Crippen LogP contribution is 2.22. The van der Waals surface area contributed by atoms with Gasteiger partial charge in [-0.2, -0.15) is 5.21 Å². The molecule has 0 spiro atoms. The van der Waals surface area contributed by atoms with Crippen LogP contribution in [0.3, 0.4) is 0 Å². The van der Waals surface area contributed by atoms with Gasteiger partial charge in [0.15, 0.2) is 5.82 Å². The van der Waals surface area contributed by atoms with E-state index >= 15 is 0 Å². The maximum Gasteiger partial charge on any atom is 0.241 e. The highest BCUT2D eigenvalue weighted by molar-refractivity contribution is 7.89. The molecule has 1 aromatic heterocycles. The minimum absolute atomic E-state index is 0.0245. The maximum atomic E-state index is 11.9. The van der Waals surface area contributed by atoms with Crippen LogP contribution in [0.2, 0.25) is 10.0 Å². The predicted octanol–water partition coefficient (Wildman–Crippen LogP) is 0.985. The number of benzene rings is 1. The highest BCUT2D eigenvalue weighted by Gasteiger charge is 2.16. The summed E-state index contributed by atoms with van der Waals surface area (Å²) < 4.78 is 26.1. The first-order valence-electron chi connectivity index (χ1n) is 4.65. The van der Waals surface area contributed by atoms with Crippen molar-refractivity contribution in [1.29, 1.82) is 0 Å². The van der Waals surface area contributed by atoms with E-state index in [9.17, 15) is 8.42 Å². The lowest BCUT2D eigenvalue weighted by Crippen LogP contribution is -2.23. The van der Waals surface area contributed by atoms with Crippen molar-refractivity contribution in [3.63, 3.8) is 0 Å². The van der Waals surface area contributed by atoms with Gasteiger partial charge in [-0.1, -0.05) is 28.4 Å². The van der Waals surface area contributed by atoms with E-state index in [1.807, 2.05) is 0 Å². The predicted molar refractivity (Wildman–Crippen MR) is 64.7 cm³/mol. The number of halogens is 2. The van der Waals surface area contributed by atoms with Gasteiger partial charge in [-0.15, -0.1) is 10.2 Å². The summed E-state index contributed by atoms with van der Waals surface area (Å²) in [4.78, 5) is -0.0245. The number of hydrogen-bond acceptors (Lipinski definition) is 5. The average molecular weight is 308 g/mol. The molecule has 0 amide bonds. The Hall–Kier alpha value is -1.22. The van der Waals surface area contributed by atoms with Crippen LogP contribution in [0.25, 0.3) is 0 Å². The number of hydrogen-bond donors (Lipinski definition) is 2. The first kappa shape index (κ1) is 13.2. The Balaban J connectivity index is 2.20. The number of rotatable bonds is 4. The number of tetrazole rings is 1. The molecule has 2 N–H and O–H groups in total. The van der Waals surface area contributed by atoms with Crippen molar-refractivity contribution in [3.05, 3.63) is 34.1 Å². The Morgan fingerprint density at radius 2 is 1.89 bits per heavy atom. The summed E-state index contributed by atoms with van der Waals surface area (Å²) in [5.74, 6) is 0.228. The summed E-state index contributed by atoms with van der Waals surface area (Å²) >= 11 is 11.5. The molecule has 0 atom stereocenters. The summed E-state index contributed by atoms with van der Waals surface area (Å²) in [5, 5.41) is 13.2. The van der Waals surface area contributed by atoms with Gasteiger partial charge < -0.3 is 0 Å². The van der Waals surface area contributed by atoms with E-state index in [2.05, 4.69) is 25.3 Å². The molecule has 1 heterocycles. The average Bonchev–Trinajstić information content (AvgIpc) is 2.78. The van der Waals surface area contributed by atoms with Crippen molar-refractivity contribution in [2.45, 2.75) is 11.4 Å². The molecule has 2 aromatic rings. The Labute approximate surface area is 113 Å². The monoisotopic (exact) mass is 307 g/mol. The minimum Gasteiger partial charge on any atom is -0.207 e. The third-order valence-corrected chi connectivity index (χ3v) is 3.77. The third-order valence-electron chi connectivity index (χ3n) is 1.96. The van der Waals surface area contributed by atoms with Gasteiger partial charge in [0.1, 0.15) is 0 Å². The van der Waals surface area contributed by atoms with Gasteiger partial charge in [0.25, 0.3) is 0 Å². The maximum absolute atomic E-state index is 11.9. The van der Waals surface area contributed by atoms with Crippen LogP contribution in [0.5, 0.6) is 0 Å². The molecule has 0 bridgehead atoms. The Morgan fingerprint density at radius 1 is 1.22 bits per heavy atom. The molecule has 2 rings (SSSR count). The second-order valence-electron chi connectivity index (χ2n) is 3.26. The molecule has 96 valence electrons. The first-order chi connectivity index (χ1) is 8.47. The molecule has 0 fully saturated rings. The molecule has 18 heavy (non-hydrogen) atoms. The summed E-state index contributed by atoms with van der Waals surface area (Å²) in [5.41, 5.74) is 0. The largest absolute Gasteiger partial charge is 0.241 e. The normalized spacial score (nSPS) is 11.7. The van der Waals surface area contributed by atoms with E-state index in [1.165, 1.54) is 18.2 Å². The molecule has 0 saturated carbocycles. The van der Waals surface area contributed by atoms with Gasteiger partial charge in [0, 0.05) is 10.0 Å². The Kier molecular flexibility index (Phi) is 3.81. The fourth-order valence-electron chi connectivity index (χ4n) is 1.18. The van der Waals surface area contributed by atoms with E-state index in [-0.39, 0.29) is 27.3 Å². The third kappa shape index (κ3) is 3.16. The highest BCUT2D eigenvalue weighted by atomic mass is 35.5.